The quantitative estimate of drug-likeness (QED) is 0.564. The third-order valence-corrected chi connectivity index (χ3v) is 3.51. The van der Waals surface area contributed by atoms with E-state index in [1.807, 2.05) is 18.0 Å². The van der Waals surface area contributed by atoms with E-state index in [-0.39, 0.29) is 0 Å². The van der Waals surface area contributed by atoms with Crippen LogP contribution in [0, 0.1) is 0 Å². The van der Waals surface area contributed by atoms with Crippen LogP contribution in [0.3, 0.4) is 0 Å². The molecule has 104 valence electrons. The Balaban J connectivity index is 2.90. The molecule has 0 aliphatic rings. The average Bonchev–Trinajstić information content (AvgIpc) is 2.40. The number of rotatable bonds is 8. The van der Waals surface area contributed by atoms with Crippen LogP contribution < -0.4 is 4.90 Å². The molecule has 1 rings (SSSR count). The minimum atomic E-state index is 0.700. The molecular weight excluding hydrogens is 230 g/mol. The van der Waals surface area contributed by atoms with E-state index in [9.17, 15) is 0 Å². The zero-order chi connectivity index (χ0) is 14.3. The van der Waals surface area contributed by atoms with Crippen molar-refractivity contribution in [2.24, 2.45) is 0 Å². The standard InChI is InChI=1S/C18H27N/c1-6-9-16(10-7-2)17-11-13-18(14-12-17)19(8-3)15(4)5/h8,11-14,16H,3-4,6-7,9-10H2,1-2,5H3. The highest BCUT2D eigenvalue weighted by molar-refractivity contribution is 5.54. The van der Waals surface area contributed by atoms with Crippen LogP contribution in [-0.2, 0) is 0 Å². The first-order chi connectivity index (χ1) is 9.13. The number of hydrogen-bond acceptors (Lipinski definition) is 1. The number of allylic oxidation sites excluding steroid dienone is 1. The Morgan fingerprint density at radius 2 is 1.68 bits per heavy atom. The van der Waals surface area contributed by atoms with Crippen LogP contribution in [0.1, 0.15) is 57.9 Å². The second kappa shape index (κ2) is 7.83. The van der Waals surface area contributed by atoms with Crippen molar-refractivity contribution >= 4 is 5.69 Å². The number of benzene rings is 1. The predicted molar refractivity (Wildman–Crippen MR) is 86.5 cm³/mol. The molecule has 1 nitrogen and oxygen atoms in total. The van der Waals surface area contributed by atoms with Crippen LogP contribution in [-0.4, -0.2) is 0 Å². The molecule has 0 bridgehead atoms. The smallest absolute Gasteiger partial charge is 0.0451 e. The van der Waals surface area contributed by atoms with E-state index >= 15 is 0 Å². The molecule has 0 amide bonds. The molecule has 0 radical (unpaired) electrons. The molecule has 0 atom stereocenters. The molecule has 1 heteroatoms. The molecule has 0 unspecified atom stereocenters. The molecule has 0 aliphatic heterocycles. The zero-order valence-corrected chi connectivity index (χ0v) is 12.7. The van der Waals surface area contributed by atoms with Crippen LogP contribution >= 0.6 is 0 Å². The van der Waals surface area contributed by atoms with Crippen LogP contribution in [0.2, 0.25) is 0 Å². The van der Waals surface area contributed by atoms with Crippen molar-refractivity contribution in [2.75, 3.05) is 4.90 Å². The Kier molecular flexibility index (Phi) is 6.41. The lowest BCUT2D eigenvalue weighted by Crippen LogP contribution is -2.11. The average molecular weight is 257 g/mol. The fraction of sp³-hybridized carbons (Fsp3) is 0.444. The summed E-state index contributed by atoms with van der Waals surface area (Å²) in [6, 6.07) is 8.85. The van der Waals surface area contributed by atoms with Gasteiger partial charge in [-0.3, -0.25) is 0 Å². The maximum atomic E-state index is 3.97. The fourth-order valence-corrected chi connectivity index (χ4v) is 2.56. The lowest BCUT2D eigenvalue weighted by atomic mass is 9.90. The first-order valence-electron chi connectivity index (χ1n) is 7.31. The Morgan fingerprint density at radius 3 is 2.05 bits per heavy atom. The van der Waals surface area contributed by atoms with Crippen LogP contribution in [0.5, 0.6) is 0 Å². The third kappa shape index (κ3) is 4.27. The van der Waals surface area contributed by atoms with Crippen molar-refractivity contribution in [3.63, 3.8) is 0 Å². The van der Waals surface area contributed by atoms with E-state index in [2.05, 4.69) is 51.3 Å². The normalized spacial score (nSPS) is 10.5. The molecule has 0 aliphatic carbocycles. The van der Waals surface area contributed by atoms with Gasteiger partial charge in [0.2, 0.25) is 0 Å². The summed E-state index contributed by atoms with van der Waals surface area (Å²) in [5.74, 6) is 0.700. The van der Waals surface area contributed by atoms with Gasteiger partial charge in [0.15, 0.2) is 0 Å². The minimum absolute atomic E-state index is 0.700. The van der Waals surface area contributed by atoms with Gasteiger partial charge in [-0.25, -0.2) is 0 Å². The van der Waals surface area contributed by atoms with Crippen molar-refractivity contribution in [3.05, 3.63) is 54.9 Å². The Hall–Kier alpha value is -1.50. The van der Waals surface area contributed by atoms with E-state index in [0.717, 1.165) is 11.4 Å². The third-order valence-electron chi connectivity index (χ3n) is 3.51. The van der Waals surface area contributed by atoms with Crippen molar-refractivity contribution in [2.45, 2.75) is 52.4 Å². The van der Waals surface area contributed by atoms with Gasteiger partial charge in [-0.2, -0.15) is 0 Å². The fourth-order valence-electron chi connectivity index (χ4n) is 2.56. The number of anilines is 1. The maximum absolute atomic E-state index is 3.97. The highest BCUT2D eigenvalue weighted by atomic mass is 15.1. The molecular formula is C18H27N. The van der Waals surface area contributed by atoms with E-state index in [1.165, 1.54) is 31.2 Å². The summed E-state index contributed by atoms with van der Waals surface area (Å²) < 4.78 is 0. The Bertz CT molecular complexity index is 396. The first kappa shape index (κ1) is 15.6. The molecule has 0 spiro atoms. The molecule has 0 saturated heterocycles. The SMILES string of the molecule is C=CN(C(=C)C)c1ccc(C(CCC)CCC)cc1. The molecule has 0 saturated carbocycles. The van der Waals surface area contributed by atoms with Gasteiger partial charge in [-0.05, 0) is 43.4 Å². The van der Waals surface area contributed by atoms with Gasteiger partial charge < -0.3 is 4.90 Å². The molecule has 1 aromatic carbocycles. The lowest BCUT2D eigenvalue weighted by Gasteiger charge is -2.21. The summed E-state index contributed by atoms with van der Waals surface area (Å²) in [4.78, 5) is 2.01. The topological polar surface area (TPSA) is 3.24 Å². The zero-order valence-electron chi connectivity index (χ0n) is 12.7. The van der Waals surface area contributed by atoms with Crippen molar-refractivity contribution in [1.29, 1.82) is 0 Å². The molecule has 19 heavy (non-hydrogen) atoms. The number of nitrogens with zero attached hydrogens (tertiary/aromatic N) is 1. The lowest BCUT2D eigenvalue weighted by molar-refractivity contribution is 0.561. The summed E-state index contributed by atoms with van der Waals surface area (Å²) in [6.07, 6.45) is 6.86. The Labute approximate surface area is 118 Å². The molecule has 0 aromatic heterocycles. The predicted octanol–water partition coefficient (Wildman–Crippen LogP) is 5.85. The molecule has 0 heterocycles. The minimum Gasteiger partial charge on any atom is -0.322 e. The van der Waals surface area contributed by atoms with Crippen molar-refractivity contribution < 1.29 is 0 Å². The Morgan fingerprint density at radius 1 is 1.16 bits per heavy atom. The van der Waals surface area contributed by atoms with Crippen LogP contribution in [0.25, 0.3) is 0 Å². The van der Waals surface area contributed by atoms with E-state index in [1.54, 1.807) is 0 Å². The van der Waals surface area contributed by atoms with Gasteiger partial charge >= 0.3 is 0 Å². The van der Waals surface area contributed by atoms with E-state index in [4.69, 9.17) is 0 Å². The second-order valence-electron chi connectivity index (χ2n) is 5.15. The van der Waals surface area contributed by atoms with Gasteiger partial charge in [0, 0.05) is 17.6 Å². The van der Waals surface area contributed by atoms with Gasteiger partial charge in [0.05, 0.1) is 0 Å². The molecule has 1 aromatic rings. The largest absolute Gasteiger partial charge is 0.322 e. The second-order valence-corrected chi connectivity index (χ2v) is 5.15. The molecule has 0 N–H and O–H groups in total. The van der Waals surface area contributed by atoms with Crippen molar-refractivity contribution in [3.8, 4) is 0 Å². The van der Waals surface area contributed by atoms with Crippen molar-refractivity contribution in [1.82, 2.24) is 0 Å². The highest BCUT2D eigenvalue weighted by Gasteiger charge is 2.10. The van der Waals surface area contributed by atoms with Gasteiger partial charge in [-0.1, -0.05) is 52.0 Å². The monoisotopic (exact) mass is 257 g/mol. The summed E-state index contributed by atoms with van der Waals surface area (Å²) in [5, 5.41) is 0. The first-order valence-corrected chi connectivity index (χ1v) is 7.31. The van der Waals surface area contributed by atoms with Gasteiger partial charge in [0.1, 0.15) is 0 Å². The van der Waals surface area contributed by atoms with Gasteiger partial charge in [0.25, 0.3) is 0 Å². The summed E-state index contributed by atoms with van der Waals surface area (Å²) in [6.45, 7) is 14.3. The summed E-state index contributed by atoms with van der Waals surface area (Å²) >= 11 is 0. The molecule has 0 fully saturated rings. The van der Waals surface area contributed by atoms with E-state index < -0.39 is 0 Å². The van der Waals surface area contributed by atoms with Crippen LogP contribution in [0.15, 0.2) is 49.3 Å². The maximum Gasteiger partial charge on any atom is 0.0451 e. The van der Waals surface area contributed by atoms with E-state index in [0.29, 0.717) is 5.92 Å². The summed E-state index contributed by atoms with van der Waals surface area (Å²) in [7, 11) is 0. The van der Waals surface area contributed by atoms with Gasteiger partial charge in [-0.15, -0.1) is 0 Å². The van der Waals surface area contributed by atoms with Crippen LogP contribution in [0.4, 0.5) is 5.69 Å². The highest BCUT2D eigenvalue weighted by Crippen LogP contribution is 2.28. The number of hydrogen-bond donors (Lipinski definition) is 0. The summed E-state index contributed by atoms with van der Waals surface area (Å²) in [5.41, 5.74) is 3.58.